The van der Waals surface area contributed by atoms with E-state index in [4.69, 9.17) is 0 Å². The Morgan fingerprint density at radius 1 is 1.30 bits per heavy atom. The van der Waals surface area contributed by atoms with Gasteiger partial charge in [0.05, 0.1) is 12.0 Å². The molecule has 3 rings (SSSR count). The molecule has 0 aromatic heterocycles. The monoisotopic (exact) mass is 274 g/mol. The predicted molar refractivity (Wildman–Crippen MR) is 70.4 cm³/mol. The van der Waals surface area contributed by atoms with Crippen LogP contribution in [0.2, 0.25) is 0 Å². The molecule has 0 bridgehead atoms. The molecule has 0 aromatic rings. The van der Waals surface area contributed by atoms with Crippen LogP contribution < -0.4 is 16.1 Å². The van der Waals surface area contributed by atoms with E-state index in [0.717, 1.165) is 0 Å². The van der Waals surface area contributed by atoms with Gasteiger partial charge >= 0.3 is 0 Å². The second-order valence-electron chi connectivity index (χ2n) is 4.92. The summed E-state index contributed by atoms with van der Waals surface area (Å²) < 4.78 is 0. The van der Waals surface area contributed by atoms with Gasteiger partial charge in [0.15, 0.2) is 0 Å². The van der Waals surface area contributed by atoms with Gasteiger partial charge in [0, 0.05) is 6.42 Å². The Bertz CT molecular complexity index is 564. The lowest BCUT2D eigenvalue weighted by molar-refractivity contribution is -0.136. The van der Waals surface area contributed by atoms with Crippen molar-refractivity contribution in [1.82, 2.24) is 16.1 Å². The summed E-state index contributed by atoms with van der Waals surface area (Å²) >= 11 is 0. The van der Waals surface area contributed by atoms with Crippen molar-refractivity contribution >= 4 is 23.4 Å². The van der Waals surface area contributed by atoms with Crippen LogP contribution in [0.25, 0.3) is 0 Å². The quantitative estimate of drug-likeness (QED) is 0.561. The molecule has 3 aliphatic rings. The van der Waals surface area contributed by atoms with Gasteiger partial charge in [-0.05, 0) is 6.42 Å². The van der Waals surface area contributed by atoms with Crippen LogP contribution in [0.15, 0.2) is 29.4 Å². The van der Waals surface area contributed by atoms with Gasteiger partial charge in [-0.1, -0.05) is 24.3 Å². The highest BCUT2D eigenvalue weighted by Gasteiger charge is 2.36. The van der Waals surface area contributed by atoms with E-state index < -0.39 is 11.9 Å². The number of hydrazone groups is 1. The molecule has 0 spiro atoms. The Morgan fingerprint density at radius 3 is 2.90 bits per heavy atom. The van der Waals surface area contributed by atoms with Gasteiger partial charge in [-0.2, -0.15) is 5.10 Å². The van der Waals surface area contributed by atoms with Crippen LogP contribution in [0.1, 0.15) is 12.8 Å². The lowest BCUT2D eigenvalue weighted by atomic mass is 9.91. The zero-order valence-corrected chi connectivity index (χ0v) is 10.6. The average Bonchev–Trinajstić information content (AvgIpc) is 2.86. The second-order valence-corrected chi connectivity index (χ2v) is 4.92. The molecule has 2 heterocycles. The molecule has 0 radical (unpaired) electrons. The van der Waals surface area contributed by atoms with Crippen molar-refractivity contribution in [2.45, 2.75) is 24.9 Å². The fourth-order valence-electron chi connectivity index (χ4n) is 2.48. The van der Waals surface area contributed by atoms with E-state index in [2.05, 4.69) is 21.2 Å². The lowest BCUT2D eigenvalue weighted by Crippen LogP contribution is -2.54. The van der Waals surface area contributed by atoms with E-state index in [-0.39, 0.29) is 30.2 Å². The number of piperidine rings is 1. The lowest BCUT2D eigenvalue weighted by Gasteiger charge is -2.22. The molecule has 2 aliphatic heterocycles. The molecule has 3 N–H and O–H groups in total. The molecule has 3 unspecified atom stereocenters. The van der Waals surface area contributed by atoms with Crippen LogP contribution in [0.3, 0.4) is 0 Å². The van der Waals surface area contributed by atoms with Crippen molar-refractivity contribution in [3.63, 3.8) is 0 Å². The number of nitrogens with one attached hydrogen (secondary N) is 3. The van der Waals surface area contributed by atoms with Gasteiger partial charge in [-0.3, -0.25) is 19.7 Å². The van der Waals surface area contributed by atoms with Crippen LogP contribution in [-0.2, 0) is 14.4 Å². The number of imide groups is 1. The molecule has 1 aliphatic carbocycles. The van der Waals surface area contributed by atoms with E-state index in [1.54, 1.807) is 0 Å². The van der Waals surface area contributed by atoms with Gasteiger partial charge in [-0.25, -0.2) is 0 Å². The number of fused-ring (bicyclic) bond motifs is 1. The van der Waals surface area contributed by atoms with Crippen molar-refractivity contribution in [2.75, 3.05) is 0 Å². The maximum atomic E-state index is 12.2. The highest BCUT2D eigenvalue weighted by molar-refractivity contribution is 6.41. The molecular weight excluding hydrogens is 260 g/mol. The summed E-state index contributed by atoms with van der Waals surface area (Å²) in [6, 6.07) is -0.687. The fourth-order valence-corrected chi connectivity index (χ4v) is 2.48. The van der Waals surface area contributed by atoms with E-state index in [1.165, 1.54) is 0 Å². The normalized spacial score (nSPS) is 31.2. The Kier molecular flexibility index (Phi) is 3.09. The smallest absolute Gasteiger partial charge is 0.268 e. The molecule has 7 heteroatoms. The molecule has 7 nitrogen and oxygen atoms in total. The third-order valence-corrected chi connectivity index (χ3v) is 3.56. The Morgan fingerprint density at radius 2 is 2.10 bits per heavy atom. The minimum absolute atomic E-state index is 0.0116. The zero-order chi connectivity index (χ0) is 14.1. The summed E-state index contributed by atoms with van der Waals surface area (Å²) in [6.45, 7) is 0. The summed E-state index contributed by atoms with van der Waals surface area (Å²) in [7, 11) is 0. The van der Waals surface area contributed by atoms with Gasteiger partial charge in [0.2, 0.25) is 11.8 Å². The predicted octanol–water partition coefficient (Wildman–Crippen LogP) is -1.02. The molecule has 0 saturated carbocycles. The summed E-state index contributed by atoms with van der Waals surface area (Å²) in [5.74, 6) is -1.26. The first kappa shape index (κ1) is 12.6. The minimum atomic E-state index is -0.676. The summed E-state index contributed by atoms with van der Waals surface area (Å²) in [5.41, 5.74) is 3.24. The maximum absolute atomic E-state index is 12.2. The third kappa shape index (κ3) is 2.22. The molecule has 3 atom stereocenters. The highest BCUT2D eigenvalue weighted by atomic mass is 16.2. The number of amides is 3. The molecule has 0 aromatic carbocycles. The first-order chi connectivity index (χ1) is 9.65. The molecule has 104 valence electrons. The molecule has 20 heavy (non-hydrogen) atoms. The van der Waals surface area contributed by atoms with Crippen molar-refractivity contribution in [3.8, 4) is 0 Å². The summed E-state index contributed by atoms with van der Waals surface area (Å²) in [5, 5.41) is 8.88. The maximum Gasteiger partial charge on any atom is 0.268 e. The van der Waals surface area contributed by atoms with Crippen LogP contribution in [-0.4, -0.2) is 35.5 Å². The van der Waals surface area contributed by atoms with E-state index in [9.17, 15) is 14.4 Å². The minimum Gasteiger partial charge on any atom is -0.339 e. The highest BCUT2D eigenvalue weighted by Crippen LogP contribution is 2.20. The van der Waals surface area contributed by atoms with Crippen molar-refractivity contribution in [3.05, 3.63) is 24.3 Å². The van der Waals surface area contributed by atoms with Crippen LogP contribution in [0.5, 0.6) is 0 Å². The van der Waals surface area contributed by atoms with Gasteiger partial charge in [-0.15, -0.1) is 0 Å². The van der Waals surface area contributed by atoms with E-state index in [0.29, 0.717) is 12.1 Å². The Hall–Kier alpha value is -2.44. The number of hydrogen-bond acceptors (Lipinski definition) is 5. The standard InChI is InChI=1S/C13H14N4O3/c18-10-6-5-9(12(19)15-10)14-13(20)11-7-3-1-2-4-8(7)16-17-11/h1-4,7-9,16H,5-6H2,(H,14,20)(H,15,18,19). The van der Waals surface area contributed by atoms with Gasteiger partial charge in [0.1, 0.15) is 11.8 Å². The second kappa shape index (κ2) is 4.92. The topological polar surface area (TPSA) is 99.7 Å². The first-order valence-corrected chi connectivity index (χ1v) is 6.48. The fraction of sp³-hybridized carbons (Fsp3) is 0.385. The molecule has 1 fully saturated rings. The van der Waals surface area contributed by atoms with Gasteiger partial charge in [0.25, 0.3) is 5.91 Å². The Labute approximate surface area is 115 Å². The Balaban J connectivity index is 1.65. The van der Waals surface area contributed by atoms with Crippen LogP contribution >= 0.6 is 0 Å². The largest absolute Gasteiger partial charge is 0.339 e. The number of allylic oxidation sites excluding steroid dienone is 2. The van der Waals surface area contributed by atoms with E-state index in [1.807, 2.05) is 24.3 Å². The van der Waals surface area contributed by atoms with Crippen molar-refractivity contribution in [1.29, 1.82) is 0 Å². The first-order valence-electron chi connectivity index (χ1n) is 6.48. The van der Waals surface area contributed by atoms with Crippen LogP contribution in [0, 0.1) is 5.92 Å². The average molecular weight is 274 g/mol. The number of carbonyl (C=O) groups is 3. The van der Waals surface area contributed by atoms with E-state index >= 15 is 0 Å². The van der Waals surface area contributed by atoms with Gasteiger partial charge < -0.3 is 10.7 Å². The summed E-state index contributed by atoms with van der Waals surface area (Å²) in [6.07, 6.45) is 8.14. The number of hydrogen-bond donors (Lipinski definition) is 3. The van der Waals surface area contributed by atoms with Crippen LogP contribution in [0.4, 0.5) is 0 Å². The molecule has 1 saturated heterocycles. The third-order valence-electron chi connectivity index (χ3n) is 3.56. The number of carbonyl (C=O) groups excluding carboxylic acids is 3. The number of rotatable bonds is 2. The SMILES string of the molecule is O=C1CCC(NC(=O)C2=NNC3C=CC=CC23)C(=O)N1. The van der Waals surface area contributed by atoms with Crippen molar-refractivity contribution < 1.29 is 14.4 Å². The zero-order valence-electron chi connectivity index (χ0n) is 10.6. The molecule has 3 amide bonds. The molecular formula is C13H14N4O3. The number of nitrogens with zero attached hydrogens (tertiary/aromatic N) is 1. The van der Waals surface area contributed by atoms with Crippen molar-refractivity contribution in [2.24, 2.45) is 11.0 Å². The summed E-state index contributed by atoms with van der Waals surface area (Å²) in [4.78, 5) is 34.9.